The van der Waals surface area contributed by atoms with E-state index in [2.05, 4.69) is 59.6 Å². The Morgan fingerprint density at radius 3 is 2.43 bits per heavy atom. The van der Waals surface area contributed by atoms with Gasteiger partial charge in [-0.2, -0.15) is 0 Å². The summed E-state index contributed by atoms with van der Waals surface area (Å²) in [6, 6.07) is 10.3. The molecule has 0 N–H and O–H groups in total. The monoisotopic (exact) mass is 423 g/mol. The summed E-state index contributed by atoms with van der Waals surface area (Å²) in [7, 11) is 0. The van der Waals surface area contributed by atoms with Crippen LogP contribution in [0.25, 0.3) is 0 Å². The van der Waals surface area contributed by atoms with Crippen LogP contribution in [0.15, 0.2) is 35.3 Å². The van der Waals surface area contributed by atoms with E-state index in [1.165, 1.54) is 11.1 Å². The quantitative estimate of drug-likeness (QED) is 0.457. The molecule has 0 unspecified atom stereocenters. The highest BCUT2D eigenvalue weighted by atomic mass is 127. The van der Waals surface area contributed by atoms with Crippen LogP contribution < -0.4 is 9.47 Å². The zero-order valence-corrected chi connectivity index (χ0v) is 16.2. The van der Waals surface area contributed by atoms with Gasteiger partial charge in [-0.25, -0.2) is 0 Å². The summed E-state index contributed by atoms with van der Waals surface area (Å²) in [5.74, 6) is 1.57. The molecule has 0 spiro atoms. The third kappa shape index (κ3) is 4.70. The SMILES string of the molecule is CCOc1cc(C=Nc2ccc(C)cc2C)cc(I)c1OCC. The van der Waals surface area contributed by atoms with Crippen LogP contribution >= 0.6 is 22.6 Å². The van der Waals surface area contributed by atoms with Crippen LogP contribution in [-0.4, -0.2) is 19.4 Å². The minimum atomic E-state index is 0.605. The van der Waals surface area contributed by atoms with E-state index in [1.807, 2.05) is 32.2 Å². The van der Waals surface area contributed by atoms with Gasteiger partial charge in [0.1, 0.15) is 0 Å². The molecule has 3 nitrogen and oxygen atoms in total. The molecular formula is C19H22INO2. The van der Waals surface area contributed by atoms with Crippen molar-refractivity contribution in [3.8, 4) is 11.5 Å². The normalized spacial score (nSPS) is 11.0. The second kappa shape index (κ2) is 8.34. The van der Waals surface area contributed by atoms with Gasteiger partial charge in [-0.3, -0.25) is 4.99 Å². The lowest BCUT2D eigenvalue weighted by molar-refractivity contribution is 0.286. The zero-order valence-electron chi connectivity index (χ0n) is 14.0. The van der Waals surface area contributed by atoms with E-state index in [-0.39, 0.29) is 0 Å². The van der Waals surface area contributed by atoms with Crippen molar-refractivity contribution in [2.45, 2.75) is 27.7 Å². The lowest BCUT2D eigenvalue weighted by Crippen LogP contribution is -2.01. The predicted octanol–water partition coefficient (Wildman–Crippen LogP) is 5.46. The van der Waals surface area contributed by atoms with E-state index in [0.717, 1.165) is 26.3 Å². The minimum absolute atomic E-state index is 0.605. The Kier molecular flexibility index (Phi) is 6.45. The van der Waals surface area contributed by atoms with E-state index < -0.39 is 0 Å². The number of aryl methyl sites for hydroxylation is 2. The predicted molar refractivity (Wildman–Crippen MR) is 105 cm³/mol. The Bertz CT molecular complexity index is 711. The van der Waals surface area contributed by atoms with Crippen molar-refractivity contribution in [3.05, 3.63) is 50.6 Å². The maximum atomic E-state index is 5.71. The molecule has 0 aliphatic heterocycles. The van der Waals surface area contributed by atoms with Crippen LogP contribution in [0.2, 0.25) is 0 Å². The molecule has 0 bridgehead atoms. The molecule has 0 amide bonds. The first kappa shape index (κ1) is 17.8. The van der Waals surface area contributed by atoms with Gasteiger partial charge in [0.05, 0.1) is 22.5 Å². The number of halogens is 1. The number of aliphatic imine (C=N–C) groups is 1. The number of nitrogens with zero attached hydrogens (tertiary/aromatic N) is 1. The molecular weight excluding hydrogens is 401 g/mol. The number of hydrogen-bond donors (Lipinski definition) is 0. The van der Waals surface area contributed by atoms with Crippen molar-refractivity contribution < 1.29 is 9.47 Å². The summed E-state index contributed by atoms with van der Waals surface area (Å²) in [6.45, 7) is 9.33. The fourth-order valence-corrected chi connectivity index (χ4v) is 3.09. The van der Waals surface area contributed by atoms with E-state index in [4.69, 9.17) is 9.47 Å². The van der Waals surface area contributed by atoms with Crippen LogP contribution in [0.5, 0.6) is 11.5 Å². The smallest absolute Gasteiger partial charge is 0.174 e. The molecule has 4 heteroatoms. The molecule has 0 atom stereocenters. The topological polar surface area (TPSA) is 30.8 Å². The van der Waals surface area contributed by atoms with Gasteiger partial charge in [0.15, 0.2) is 11.5 Å². The van der Waals surface area contributed by atoms with Crippen LogP contribution in [-0.2, 0) is 0 Å². The molecule has 2 aromatic carbocycles. The molecule has 0 fully saturated rings. The van der Waals surface area contributed by atoms with Gasteiger partial charge in [0.2, 0.25) is 0 Å². The summed E-state index contributed by atoms with van der Waals surface area (Å²) in [5, 5.41) is 0. The first-order valence-electron chi connectivity index (χ1n) is 7.75. The summed E-state index contributed by atoms with van der Waals surface area (Å²) >= 11 is 2.27. The van der Waals surface area contributed by atoms with Gasteiger partial charge >= 0.3 is 0 Å². The van der Waals surface area contributed by atoms with Crippen LogP contribution in [0.4, 0.5) is 5.69 Å². The zero-order chi connectivity index (χ0) is 16.8. The van der Waals surface area contributed by atoms with Crippen LogP contribution in [0, 0.1) is 17.4 Å². The molecule has 2 rings (SSSR count). The van der Waals surface area contributed by atoms with Crippen LogP contribution in [0.3, 0.4) is 0 Å². The molecule has 0 heterocycles. The van der Waals surface area contributed by atoms with Crippen molar-refractivity contribution in [2.24, 2.45) is 4.99 Å². The van der Waals surface area contributed by atoms with E-state index in [1.54, 1.807) is 0 Å². The second-order valence-corrected chi connectivity index (χ2v) is 6.41. The van der Waals surface area contributed by atoms with Gasteiger partial charge in [0, 0.05) is 6.21 Å². The Balaban J connectivity index is 2.34. The summed E-state index contributed by atoms with van der Waals surface area (Å²) in [5.41, 5.74) is 4.40. The standard InChI is InChI=1S/C19H22INO2/c1-5-22-18-11-15(10-16(20)19(18)23-6-2)12-21-17-8-7-13(3)9-14(17)4/h7-12H,5-6H2,1-4H3. The van der Waals surface area contributed by atoms with Gasteiger partial charge in [-0.15, -0.1) is 0 Å². The number of rotatable bonds is 6. The summed E-state index contributed by atoms with van der Waals surface area (Å²) in [6.07, 6.45) is 1.87. The Morgan fingerprint density at radius 1 is 1.04 bits per heavy atom. The first-order valence-corrected chi connectivity index (χ1v) is 8.83. The first-order chi connectivity index (χ1) is 11.0. The van der Waals surface area contributed by atoms with Gasteiger partial charge in [-0.1, -0.05) is 17.7 Å². The Hall–Kier alpha value is -1.56. The van der Waals surface area contributed by atoms with Crippen LogP contribution in [0.1, 0.15) is 30.5 Å². The van der Waals surface area contributed by atoms with E-state index in [9.17, 15) is 0 Å². The molecule has 0 aliphatic rings. The third-order valence-corrected chi connectivity index (χ3v) is 4.13. The van der Waals surface area contributed by atoms with E-state index in [0.29, 0.717) is 13.2 Å². The molecule has 0 aromatic heterocycles. The number of hydrogen-bond acceptors (Lipinski definition) is 3. The van der Waals surface area contributed by atoms with Crippen molar-refractivity contribution in [1.82, 2.24) is 0 Å². The van der Waals surface area contributed by atoms with Crippen molar-refractivity contribution in [2.75, 3.05) is 13.2 Å². The highest BCUT2D eigenvalue weighted by molar-refractivity contribution is 14.1. The molecule has 2 aromatic rings. The lowest BCUT2D eigenvalue weighted by atomic mass is 10.1. The Labute approximate surface area is 151 Å². The lowest BCUT2D eigenvalue weighted by Gasteiger charge is -2.13. The molecule has 122 valence electrons. The van der Waals surface area contributed by atoms with Crippen molar-refractivity contribution >= 4 is 34.5 Å². The van der Waals surface area contributed by atoms with Gasteiger partial charge in [0.25, 0.3) is 0 Å². The fraction of sp³-hybridized carbons (Fsp3) is 0.316. The summed E-state index contributed by atoms with van der Waals surface area (Å²) in [4.78, 5) is 4.61. The minimum Gasteiger partial charge on any atom is -0.490 e. The highest BCUT2D eigenvalue weighted by Gasteiger charge is 2.11. The average molecular weight is 423 g/mol. The Morgan fingerprint density at radius 2 is 1.78 bits per heavy atom. The molecule has 0 radical (unpaired) electrons. The molecule has 0 aliphatic carbocycles. The molecule has 0 saturated carbocycles. The maximum Gasteiger partial charge on any atom is 0.174 e. The largest absolute Gasteiger partial charge is 0.490 e. The fourth-order valence-electron chi connectivity index (χ4n) is 2.30. The van der Waals surface area contributed by atoms with Crippen molar-refractivity contribution in [3.63, 3.8) is 0 Å². The third-order valence-electron chi connectivity index (χ3n) is 3.33. The van der Waals surface area contributed by atoms with Gasteiger partial charge in [-0.05, 0) is 79.6 Å². The highest BCUT2D eigenvalue weighted by Crippen LogP contribution is 2.34. The number of ether oxygens (including phenoxy) is 2. The second-order valence-electron chi connectivity index (χ2n) is 5.24. The maximum absolute atomic E-state index is 5.71. The molecule has 0 saturated heterocycles. The summed E-state index contributed by atoms with van der Waals surface area (Å²) < 4.78 is 12.4. The average Bonchev–Trinajstić information content (AvgIpc) is 2.50. The molecule has 23 heavy (non-hydrogen) atoms. The van der Waals surface area contributed by atoms with Crippen molar-refractivity contribution in [1.29, 1.82) is 0 Å². The number of benzene rings is 2. The van der Waals surface area contributed by atoms with E-state index >= 15 is 0 Å². The van der Waals surface area contributed by atoms with Gasteiger partial charge < -0.3 is 9.47 Å².